The van der Waals surface area contributed by atoms with Gasteiger partial charge in [-0.25, -0.2) is 4.99 Å². The summed E-state index contributed by atoms with van der Waals surface area (Å²) in [5.41, 5.74) is 5.11. The van der Waals surface area contributed by atoms with Crippen LogP contribution in [0.1, 0.15) is 22.3 Å². The van der Waals surface area contributed by atoms with Gasteiger partial charge in [0.1, 0.15) is 12.4 Å². The fourth-order valence-electron chi connectivity index (χ4n) is 3.56. The van der Waals surface area contributed by atoms with Crippen LogP contribution in [0.2, 0.25) is 0 Å². The van der Waals surface area contributed by atoms with Crippen LogP contribution in [0, 0.1) is 0 Å². The van der Waals surface area contributed by atoms with Crippen molar-refractivity contribution in [2.24, 2.45) is 4.99 Å². The van der Waals surface area contributed by atoms with Crippen LogP contribution in [0.5, 0.6) is 5.75 Å². The van der Waals surface area contributed by atoms with Crippen molar-refractivity contribution in [3.05, 3.63) is 138 Å². The standard InChI is InChI=1S/C28H23N5O/c1-3-8-24(9-4-1)28(25-10-5-2-6-11-25)31-27-18-26(19-29-32-27)34-21-23-14-12-22(13-15-23)20-33-17-7-16-30-33/h1-19H,20-21H2. The van der Waals surface area contributed by atoms with E-state index in [1.165, 1.54) is 5.56 Å². The molecule has 0 aliphatic rings. The number of ether oxygens (including phenoxy) is 1. The van der Waals surface area contributed by atoms with Crippen LogP contribution in [0.15, 0.2) is 121 Å². The molecule has 6 nitrogen and oxygen atoms in total. The highest BCUT2D eigenvalue weighted by molar-refractivity contribution is 6.13. The van der Waals surface area contributed by atoms with Crippen LogP contribution in [-0.2, 0) is 13.2 Å². The molecule has 166 valence electrons. The van der Waals surface area contributed by atoms with E-state index < -0.39 is 0 Å². The number of nitrogens with zero attached hydrogens (tertiary/aromatic N) is 5. The van der Waals surface area contributed by atoms with Gasteiger partial charge in [0.2, 0.25) is 0 Å². The van der Waals surface area contributed by atoms with E-state index in [1.54, 1.807) is 12.4 Å². The molecule has 34 heavy (non-hydrogen) atoms. The zero-order valence-corrected chi connectivity index (χ0v) is 18.5. The SMILES string of the molecule is c1ccc(C(=Nc2cc(OCc3ccc(Cn4cccn4)cc3)cnn2)c2ccccc2)cc1. The number of aromatic nitrogens is 4. The predicted octanol–water partition coefficient (Wildman–Crippen LogP) is 5.47. The molecular formula is C28H23N5O. The molecule has 0 aliphatic carbocycles. The summed E-state index contributed by atoms with van der Waals surface area (Å²) in [5.74, 6) is 1.12. The van der Waals surface area contributed by atoms with Crippen molar-refractivity contribution in [3.8, 4) is 5.75 Å². The monoisotopic (exact) mass is 445 g/mol. The second-order valence-electron chi connectivity index (χ2n) is 7.75. The highest BCUT2D eigenvalue weighted by Crippen LogP contribution is 2.20. The Morgan fingerprint density at radius 2 is 1.47 bits per heavy atom. The molecule has 0 N–H and O–H groups in total. The largest absolute Gasteiger partial charge is 0.487 e. The summed E-state index contributed by atoms with van der Waals surface area (Å²) in [4.78, 5) is 4.82. The van der Waals surface area contributed by atoms with Gasteiger partial charge in [0, 0.05) is 29.6 Å². The van der Waals surface area contributed by atoms with Gasteiger partial charge in [0.15, 0.2) is 5.82 Å². The normalized spacial score (nSPS) is 10.6. The summed E-state index contributed by atoms with van der Waals surface area (Å²) in [7, 11) is 0. The first-order chi connectivity index (χ1) is 16.8. The Hall–Kier alpha value is -4.58. The molecule has 0 saturated carbocycles. The Bertz CT molecular complexity index is 1310. The minimum atomic E-state index is 0.432. The van der Waals surface area contributed by atoms with Crippen molar-refractivity contribution in [1.82, 2.24) is 20.0 Å². The third-order valence-corrected chi connectivity index (χ3v) is 5.27. The zero-order chi connectivity index (χ0) is 23.0. The lowest BCUT2D eigenvalue weighted by Crippen LogP contribution is -2.03. The lowest BCUT2D eigenvalue weighted by molar-refractivity contribution is 0.304. The van der Waals surface area contributed by atoms with Crippen LogP contribution >= 0.6 is 0 Å². The summed E-state index contributed by atoms with van der Waals surface area (Å²) in [5, 5.41) is 12.6. The van der Waals surface area contributed by atoms with Gasteiger partial charge in [-0.15, -0.1) is 5.10 Å². The number of hydrogen-bond donors (Lipinski definition) is 0. The Labute approximate surface area is 198 Å². The van der Waals surface area contributed by atoms with E-state index in [9.17, 15) is 0 Å². The van der Waals surface area contributed by atoms with Gasteiger partial charge in [-0.1, -0.05) is 84.9 Å². The minimum absolute atomic E-state index is 0.432. The average Bonchev–Trinajstić information content (AvgIpc) is 3.41. The summed E-state index contributed by atoms with van der Waals surface area (Å²) in [6, 6.07) is 32.2. The molecule has 0 radical (unpaired) electrons. The van der Waals surface area contributed by atoms with Crippen LogP contribution in [0.3, 0.4) is 0 Å². The molecule has 0 saturated heterocycles. The second kappa shape index (κ2) is 10.4. The highest BCUT2D eigenvalue weighted by atomic mass is 16.5. The van der Waals surface area contributed by atoms with E-state index in [-0.39, 0.29) is 0 Å². The lowest BCUT2D eigenvalue weighted by Gasteiger charge is -2.09. The van der Waals surface area contributed by atoms with Gasteiger partial charge in [-0.05, 0) is 17.2 Å². The van der Waals surface area contributed by atoms with Crippen molar-refractivity contribution >= 4 is 11.5 Å². The number of aliphatic imine (C=N–C) groups is 1. The fraction of sp³-hybridized carbons (Fsp3) is 0.0714. The van der Waals surface area contributed by atoms with Crippen LogP contribution < -0.4 is 4.74 Å². The molecule has 5 aromatic rings. The molecule has 0 unspecified atom stereocenters. The predicted molar refractivity (Wildman–Crippen MR) is 132 cm³/mol. The van der Waals surface area contributed by atoms with E-state index in [0.717, 1.165) is 28.9 Å². The van der Waals surface area contributed by atoms with Crippen molar-refractivity contribution in [2.45, 2.75) is 13.2 Å². The summed E-state index contributed by atoms with van der Waals surface area (Å²) >= 11 is 0. The van der Waals surface area contributed by atoms with Crippen LogP contribution in [-0.4, -0.2) is 25.7 Å². The van der Waals surface area contributed by atoms with Gasteiger partial charge in [0.25, 0.3) is 0 Å². The summed E-state index contributed by atoms with van der Waals surface area (Å²) in [6.45, 7) is 1.18. The van der Waals surface area contributed by atoms with E-state index in [2.05, 4.69) is 39.6 Å². The highest BCUT2D eigenvalue weighted by Gasteiger charge is 2.08. The zero-order valence-electron chi connectivity index (χ0n) is 18.5. The molecule has 2 heterocycles. The third-order valence-electron chi connectivity index (χ3n) is 5.27. The molecule has 3 aromatic carbocycles. The van der Waals surface area contributed by atoms with Crippen LogP contribution in [0.25, 0.3) is 0 Å². The average molecular weight is 446 g/mol. The Morgan fingerprint density at radius 3 is 2.12 bits per heavy atom. The Morgan fingerprint density at radius 1 is 0.794 bits per heavy atom. The van der Waals surface area contributed by atoms with E-state index in [1.807, 2.05) is 83.7 Å². The van der Waals surface area contributed by atoms with E-state index in [4.69, 9.17) is 9.73 Å². The maximum Gasteiger partial charge on any atom is 0.178 e. The van der Waals surface area contributed by atoms with Crippen molar-refractivity contribution in [2.75, 3.05) is 0 Å². The van der Waals surface area contributed by atoms with Crippen molar-refractivity contribution in [3.63, 3.8) is 0 Å². The molecule has 0 amide bonds. The molecule has 2 aromatic heterocycles. The van der Waals surface area contributed by atoms with Gasteiger partial charge >= 0.3 is 0 Å². The molecule has 0 aliphatic heterocycles. The van der Waals surface area contributed by atoms with Crippen LogP contribution in [0.4, 0.5) is 5.82 Å². The smallest absolute Gasteiger partial charge is 0.178 e. The van der Waals surface area contributed by atoms with Gasteiger partial charge < -0.3 is 4.74 Å². The first kappa shape index (κ1) is 21.3. The van der Waals surface area contributed by atoms with E-state index in [0.29, 0.717) is 18.2 Å². The number of hydrogen-bond acceptors (Lipinski definition) is 5. The Balaban J connectivity index is 1.31. The van der Waals surface area contributed by atoms with Gasteiger partial charge in [-0.3, -0.25) is 4.68 Å². The molecule has 5 rings (SSSR count). The maximum absolute atomic E-state index is 5.98. The lowest BCUT2D eigenvalue weighted by atomic mass is 10.0. The summed E-state index contributed by atoms with van der Waals surface area (Å²) < 4.78 is 7.88. The second-order valence-corrected chi connectivity index (χ2v) is 7.75. The molecule has 0 bridgehead atoms. The van der Waals surface area contributed by atoms with Crippen molar-refractivity contribution < 1.29 is 4.74 Å². The van der Waals surface area contributed by atoms with E-state index >= 15 is 0 Å². The maximum atomic E-state index is 5.98. The third kappa shape index (κ3) is 5.42. The minimum Gasteiger partial charge on any atom is -0.487 e. The molecule has 6 heteroatoms. The number of benzene rings is 3. The molecule has 0 atom stereocenters. The van der Waals surface area contributed by atoms with Crippen molar-refractivity contribution in [1.29, 1.82) is 0 Å². The molecular weight excluding hydrogens is 422 g/mol. The topological polar surface area (TPSA) is 65.2 Å². The fourth-order valence-corrected chi connectivity index (χ4v) is 3.56. The molecule has 0 spiro atoms. The number of rotatable bonds is 8. The first-order valence-electron chi connectivity index (χ1n) is 11.0. The summed E-state index contributed by atoms with van der Waals surface area (Å²) in [6.07, 6.45) is 5.34. The quantitative estimate of drug-likeness (QED) is 0.297. The van der Waals surface area contributed by atoms with Gasteiger partial charge in [0.05, 0.1) is 18.5 Å². The first-order valence-corrected chi connectivity index (χ1v) is 11.0. The Kier molecular flexibility index (Phi) is 6.48. The van der Waals surface area contributed by atoms with Gasteiger partial charge in [-0.2, -0.15) is 10.2 Å². The molecule has 0 fully saturated rings.